The molecule has 0 aliphatic rings. The molecule has 0 rings (SSSR count). The van der Waals surface area contributed by atoms with Gasteiger partial charge in [-0.05, 0) is 12.8 Å². The fraction of sp³-hybridized carbons (Fsp3) is 0.375. The van der Waals surface area contributed by atoms with Crippen LogP contribution in [-0.4, -0.2) is 22.3 Å². The van der Waals surface area contributed by atoms with E-state index in [1.807, 2.05) is 0 Å². The van der Waals surface area contributed by atoms with Gasteiger partial charge in [-0.15, -0.1) is 6.58 Å². The summed E-state index contributed by atoms with van der Waals surface area (Å²) in [7, 11) is 0. The van der Waals surface area contributed by atoms with Gasteiger partial charge in [-0.3, -0.25) is 0 Å². The maximum absolute atomic E-state index is 10.2. The van der Waals surface area contributed by atoms with E-state index in [0.717, 1.165) is 0 Å². The molecule has 0 aromatic carbocycles. The number of carboxylic acid groups (broad SMARTS) is 1. The first-order valence-corrected chi connectivity index (χ1v) is 3.29. The monoisotopic (exact) mass is 156 g/mol. The summed E-state index contributed by atoms with van der Waals surface area (Å²) in [5.74, 6) is -1.01. The van der Waals surface area contributed by atoms with Crippen LogP contribution in [0.25, 0.3) is 0 Å². The van der Waals surface area contributed by atoms with E-state index in [1.54, 1.807) is 0 Å². The second-order valence-corrected chi connectivity index (χ2v) is 2.25. The molecule has 0 amide bonds. The fourth-order valence-electron chi connectivity index (χ4n) is 0.547. The number of hydrogen-bond acceptors (Lipinski definition) is 2. The molecule has 1 atom stereocenters. The van der Waals surface area contributed by atoms with Crippen LogP contribution < -0.4 is 0 Å². The minimum Gasteiger partial charge on any atom is -0.478 e. The van der Waals surface area contributed by atoms with Gasteiger partial charge in [-0.25, -0.2) is 4.79 Å². The highest BCUT2D eigenvalue weighted by Gasteiger charge is 2.05. The van der Waals surface area contributed by atoms with Crippen molar-refractivity contribution in [3.63, 3.8) is 0 Å². The van der Waals surface area contributed by atoms with Gasteiger partial charge >= 0.3 is 5.97 Å². The first kappa shape index (κ1) is 9.91. The van der Waals surface area contributed by atoms with Crippen molar-refractivity contribution < 1.29 is 15.0 Å². The molecule has 11 heavy (non-hydrogen) atoms. The lowest BCUT2D eigenvalue weighted by Gasteiger charge is -2.03. The first-order chi connectivity index (χ1) is 5.07. The second-order valence-electron chi connectivity index (χ2n) is 2.25. The van der Waals surface area contributed by atoms with Gasteiger partial charge in [0.1, 0.15) is 0 Å². The highest BCUT2D eigenvalue weighted by atomic mass is 16.4. The summed E-state index contributed by atoms with van der Waals surface area (Å²) in [6, 6.07) is 0. The summed E-state index contributed by atoms with van der Waals surface area (Å²) in [6.07, 6.45) is 1.40. The van der Waals surface area contributed by atoms with Crippen LogP contribution in [0.15, 0.2) is 24.8 Å². The standard InChI is InChI=1S/C8H12O3/c1-3-7(9)5-4-6(2)8(10)11/h3,7,9H,1-2,4-5H2,(H,10,11). The lowest BCUT2D eigenvalue weighted by molar-refractivity contribution is -0.132. The van der Waals surface area contributed by atoms with Crippen LogP contribution in [0.5, 0.6) is 0 Å². The molecule has 0 heterocycles. The van der Waals surface area contributed by atoms with E-state index in [2.05, 4.69) is 13.2 Å². The number of carboxylic acids is 1. The Labute approximate surface area is 65.7 Å². The minimum atomic E-state index is -1.01. The van der Waals surface area contributed by atoms with Gasteiger partial charge in [0.25, 0.3) is 0 Å². The molecule has 0 bridgehead atoms. The van der Waals surface area contributed by atoms with Crippen LogP contribution in [0.3, 0.4) is 0 Å². The quantitative estimate of drug-likeness (QED) is 0.460. The second kappa shape index (κ2) is 4.68. The van der Waals surface area contributed by atoms with Gasteiger partial charge in [0.05, 0.1) is 6.10 Å². The fourth-order valence-corrected chi connectivity index (χ4v) is 0.547. The average molecular weight is 156 g/mol. The molecular formula is C8H12O3. The van der Waals surface area contributed by atoms with E-state index in [4.69, 9.17) is 10.2 Å². The SMILES string of the molecule is C=CC(O)CCC(=C)C(=O)O. The Morgan fingerprint density at radius 1 is 1.64 bits per heavy atom. The molecule has 0 aromatic heterocycles. The van der Waals surface area contributed by atoms with E-state index < -0.39 is 12.1 Å². The number of aliphatic hydroxyl groups is 1. The normalized spacial score (nSPS) is 12.1. The molecule has 0 fully saturated rings. The smallest absolute Gasteiger partial charge is 0.330 e. The molecule has 0 aromatic rings. The summed E-state index contributed by atoms with van der Waals surface area (Å²) in [4.78, 5) is 10.2. The summed E-state index contributed by atoms with van der Waals surface area (Å²) >= 11 is 0. The van der Waals surface area contributed by atoms with Crippen LogP contribution in [0, 0.1) is 0 Å². The predicted octanol–water partition coefficient (Wildman–Crippen LogP) is 0.954. The third kappa shape index (κ3) is 4.33. The maximum Gasteiger partial charge on any atom is 0.330 e. The van der Waals surface area contributed by atoms with Crippen molar-refractivity contribution in [3.8, 4) is 0 Å². The largest absolute Gasteiger partial charge is 0.478 e. The molecular weight excluding hydrogens is 144 g/mol. The van der Waals surface area contributed by atoms with Crippen molar-refractivity contribution in [3.05, 3.63) is 24.8 Å². The van der Waals surface area contributed by atoms with Crippen LogP contribution in [0.1, 0.15) is 12.8 Å². The minimum absolute atomic E-state index is 0.117. The Kier molecular flexibility index (Phi) is 4.22. The van der Waals surface area contributed by atoms with Crippen LogP contribution in [0.2, 0.25) is 0 Å². The molecule has 0 aliphatic heterocycles. The molecule has 3 heteroatoms. The van der Waals surface area contributed by atoms with Gasteiger partial charge in [0.15, 0.2) is 0 Å². The zero-order chi connectivity index (χ0) is 8.85. The van der Waals surface area contributed by atoms with Crippen molar-refractivity contribution in [2.24, 2.45) is 0 Å². The topological polar surface area (TPSA) is 57.5 Å². The Balaban J connectivity index is 3.62. The van der Waals surface area contributed by atoms with Crippen molar-refractivity contribution in [1.29, 1.82) is 0 Å². The molecule has 0 aliphatic carbocycles. The highest BCUT2D eigenvalue weighted by Crippen LogP contribution is 2.05. The molecule has 2 N–H and O–H groups in total. The van der Waals surface area contributed by atoms with E-state index in [9.17, 15) is 4.79 Å². The zero-order valence-electron chi connectivity index (χ0n) is 6.29. The Bertz CT molecular complexity index is 172. The average Bonchev–Trinajstić information content (AvgIpc) is 1.99. The third-order valence-corrected chi connectivity index (χ3v) is 1.32. The van der Waals surface area contributed by atoms with E-state index in [-0.39, 0.29) is 5.57 Å². The summed E-state index contributed by atoms with van der Waals surface area (Å²) in [5, 5.41) is 17.3. The van der Waals surface area contributed by atoms with Crippen molar-refractivity contribution in [2.75, 3.05) is 0 Å². The van der Waals surface area contributed by atoms with Gasteiger partial charge in [0.2, 0.25) is 0 Å². The van der Waals surface area contributed by atoms with Crippen LogP contribution in [-0.2, 0) is 4.79 Å². The van der Waals surface area contributed by atoms with E-state index in [0.29, 0.717) is 12.8 Å². The molecule has 0 spiro atoms. The number of rotatable bonds is 5. The predicted molar refractivity (Wildman–Crippen MR) is 42.2 cm³/mol. The molecule has 62 valence electrons. The number of carbonyl (C=O) groups is 1. The zero-order valence-corrected chi connectivity index (χ0v) is 6.29. The van der Waals surface area contributed by atoms with Gasteiger partial charge in [-0.1, -0.05) is 12.7 Å². The first-order valence-electron chi connectivity index (χ1n) is 3.29. The maximum atomic E-state index is 10.2. The number of aliphatic hydroxyl groups excluding tert-OH is 1. The van der Waals surface area contributed by atoms with Crippen molar-refractivity contribution in [1.82, 2.24) is 0 Å². The van der Waals surface area contributed by atoms with Crippen molar-refractivity contribution in [2.45, 2.75) is 18.9 Å². The van der Waals surface area contributed by atoms with E-state index >= 15 is 0 Å². The van der Waals surface area contributed by atoms with Crippen LogP contribution >= 0.6 is 0 Å². The summed E-state index contributed by atoms with van der Waals surface area (Å²) in [6.45, 7) is 6.67. The number of aliphatic carboxylic acids is 1. The molecule has 0 saturated heterocycles. The van der Waals surface area contributed by atoms with Crippen molar-refractivity contribution >= 4 is 5.97 Å². The highest BCUT2D eigenvalue weighted by molar-refractivity contribution is 5.85. The van der Waals surface area contributed by atoms with Gasteiger partial charge in [-0.2, -0.15) is 0 Å². The summed E-state index contributed by atoms with van der Waals surface area (Å²) < 4.78 is 0. The van der Waals surface area contributed by atoms with E-state index in [1.165, 1.54) is 6.08 Å². The molecule has 1 unspecified atom stereocenters. The van der Waals surface area contributed by atoms with Crippen LogP contribution in [0.4, 0.5) is 0 Å². The Hall–Kier alpha value is -1.09. The Morgan fingerprint density at radius 3 is 2.55 bits per heavy atom. The Morgan fingerprint density at radius 2 is 2.18 bits per heavy atom. The molecule has 0 saturated carbocycles. The molecule has 3 nitrogen and oxygen atoms in total. The number of hydrogen-bond donors (Lipinski definition) is 2. The third-order valence-electron chi connectivity index (χ3n) is 1.32. The van der Waals surface area contributed by atoms with Gasteiger partial charge in [0, 0.05) is 5.57 Å². The summed E-state index contributed by atoms with van der Waals surface area (Å²) in [5.41, 5.74) is 0.117. The van der Waals surface area contributed by atoms with Gasteiger partial charge < -0.3 is 10.2 Å². The lowest BCUT2D eigenvalue weighted by atomic mass is 10.1. The molecule has 0 radical (unpaired) electrons. The lowest BCUT2D eigenvalue weighted by Crippen LogP contribution is -2.05.